The quantitative estimate of drug-likeness (QED) is 0.814. The fraction of sp³-hybridized carbons (Fsp3) is 0.300. The summed E-state index contributed by atoms with van der Waals surface area (Å²) in [6.45, 7) is 0. The Morgan fingerprint density at radius 1 is 1.41 bits per heavy atom. The van der Waals surface area contributed by atoms with Crippen LogP contribution in [-0.4, -0.2) is 13.4 Å². The van der Waals surface area contributed by atoms with Crippen LogP contribution in [-0.2, 0) is 9.05 Å². The van der Waals surface area contributed by atoms with Crippen LogP contribution in [0.25, 0.3) is 10.6 Å². The van der Waals surface area contributed by atoms with Crippen molar-refractivity contribution in [3.05, 3.63) is 24.2 Å². The molecular formula is C10H8ClNO3S2. The normalized spacial score (nSPS) is 16.3. The number of thiophene rings is 1. The molecule has 1 saturated carbocycles. The van der Waals surface area contributed by atoms with Crippen molar-refractivity contribution in [3.8, 4) is 10.6 Å². The molecule has 2 aromatic heterocycles. The molecule has 7 heteroatoms. The molecule has 0 aromatic carbocycles. The van der Waals surface area contributed by atoms with Gasteiger partial charge in [-0.05, 0) is 25.0 Å². The van der Waals surface area contributed by atoms with Crippen molar-refractivity contribution in [2.75, 3.05) is 0 Å². The van der Waals surface area contributed by atoms with E-state index in [4.69, 9.17) is 15.1 Å². The molecule has 0 atom stereocenters. The van der Waals surface area contributed by atoms with E-state index in [1.165, 1.54) is 6.07 Å². The van der Waals surface area contributed by atoms with Crippen molar-refractivity contribution in [2.24, 2.45) is 0 Å². The summed E-state index contributed by atoms with van der Waals surface area (Å²) in [6, 6.07) is 3.15. The third-order valence-electron chi connectivity index (χ3n) is 2.51. The molecule has 0 unspecified atom stereocenters. The Bertz CT molecular complexity index is 655. The van der Waals surface area contributed by atoms with Gasteiger partial charge in [0.25, 0.3) is 9.05 Å². The molecule has 1 fully saturated rings. The molecular weight excluding hydrogens is 282 g/mol. The lowest BCUT2D eigenvalue weighted by molar-refractivity contribution is 0.510. The SMILES string of the molecule is O=S(=O)(Cl)c1ccc(-c2cnc(C3CC3)o2)s1. The minimum Gasteiger partial charge on any atom is -0.440 e. The Morgan fingerprint density at radius 2 is 2.18 bits per heavy atom. The van der Waals surface area contributed by atoms with Crippen LogP contribution in [0.2, 0.25) is 0 Å². The van der Waals surface area contributed by atoms with E-state index in [-0.39, 0.29) is 4.21 Å². The summed E-state index contributed by atoms with van der Waals surface area (Å²) < 4.78 is 28.0. The first-order chi connectivity index (χ1) is 8.04. The van der Waals surface area contributed by atoms with Gasteiger partial charge in [-0.3, -0.25) is 0 Å². The van der Waals surface area contributed by atoms with Crippen LogP contribution in [0, 0.1) is 0 Å². The largest absolute Gasteiger partial charge is 0.440 e. The fourth-order valence-electron chi connectivity index (χ4n) is 1.50. The minimum absolute atomic E-state index is 0.124. The molecule has 90 valence electrons. The van der Waals surface area contributed by atoms with E-state index in [2.05, 4.69) is 4.98 Å². The molecule has 4 nitrogen and oxygen atoms in total. The lowest BCUT2D eigenvalue weighted by Gasteiger charge is -1.89. The summed E-state index contributed by atoms with van der Waals surface area (Å²) in [5.41, 5.74) is 0. The molecule has 0 aliphatic heterocycles. The Morgan fingerprint density at radius 3 is 2.76 bits per heavy atom. The number of halogens is 1. The molecule has 3 rings (SSSR count). The Kier molecular flexibility index (Phi) is 2.53. The standard InChI is InChI=1S/C10H8ClNO3S2/c11-17(13,14)9-4-3-8(16-9)7-5-12-10(15-7)6-1-2-6/h3-6H,1-2H2. The lowest BCUT2D eigenvalue weighted by Crippen LogP contribution is -1.83. The van der Waals surface area contributed by atoms with Crippen LogP contribution in [0.3, 0.4) is 0 Å². The van der Waals surface area contributed by atoms with E-state index in [1.54, 1.807) is 12.3 Å². The molecule has 1 aliphatic rings. The van der Waals surface area contributed by atoms with Gasteiger partial charge in [0.05, 0.1) is 11.1 Å². The van der Waals surface area contributed by atoms with Gasteiger partial charge in [-0.25, -0.2) is 13.4 Å². The highest BCUT2D eigenvalue weighted by atomic mass is 35.7. The Labute approximate surface area is 107 Å². The van der Waals surface area contributed by atoms with Crippen LogP contribution in [0.5, 0.6) is 0 Å². The summed E-state index contributed by atoms with van der Waals surface area (Å²) in [5.74, 6) is 1.78. The molecule has 1 aliphatic carbocycles. The molecule has 2 aromatic rings. The van der Waals surface area contributed by atoms with Crippen LogP contribution in [0.15, 0.2) is 27.0 Å². The van der Waals surface area contributed by atoms with Crippen molar-refractivity contribution in [2.45, 2.75) is 23.0 Å². The maximum absolute atomic E-state index is 11.1. The highest BCUT2D eigenvalue weighted by Crippen LogP contribution is 2.41. The van der Waals surface area contributed by atoms with Crippen molar-refractivity contribution >= 4 is 31.1 Å². The molecule has 0 N–H and O–H groups in total. The van der Waals surface area contributed by atoms with Gasteiger partial charge in [-0.1, -0.05) is 0 Å². The van der Waals surface area contributed by atoms with Crippen LogP contribution < -0.4 is 0 Å². The monoisotopic (exact) mass is 289 g/mol. The van der Waals surface area contributed by atoms with E-state index in [1.807, 2.05) is 0 Å². The van der Waals surface area contributed by atoms with Gasteiger partial charge in [0, 0.05) is 16.6 Å². The van der Waals surface area contributed by atoms with Crippen molar-refractivity contribution in [1.82, 2.24) is 4.98 Å². The smallest absolute Gasteiger partial charge is 0.270 e. The third-order valence-corrected chi connectivity index (χ3v) is 5.71. The Balaban J connectivity index is 1.95. The predicted octanol–water partition coefficient (Wildman–Crippen LogP) is 3.21. The van der Waals surface area contributed by atoms with Gasteiger partial charge < -0.3 is 4.42 Å². The van der Waals surface area contributed by atoms with E-state index in [9.17, 15) is 8.42 Å². The van der Waals surface area contributed by atoms with E-state index < -0.39 is 9.05 Å². The van der Waals surface area contributed by atoms with Gasteiger partial charge in [-0.2, -0.15) is 0 Å². The van der Waals surface area contributed by atoms with Gasteiger partial charge in [0.15, 0.2) is 11.7 Å². The summed E-state index contributed by atoms with van der Waals surface area (Å²) in [4.78, 5) is 4.91. The molecule has 0 amide bonds. The average Bonchev–Trinajstić information content (AvgIpc) is 2.82. The fourth-order valence-corrected chi connectivity index (χ4v) is 3.52. The lowest BCUT2D eigenvalue weighted by atomic mass is 10.4. The topological polar surface area (TPSA) is 60.2 Å². The second kappa shape index (κ2) is 3.83. The number of rotatable bonds is 3. The van der Waals surface area contributed by atoms with Crippen LogP contribution >= 0.6 is 22.0 Å². The second-order valence-electron chi connectivity index (χ2n) is 3.89. The zero-order valence-corrected chi connectivity index (χ0v) is 11.0. The highest BCUT2D eigenvalue weighted by molar-refractivity contribution is 8.15. The number of aromatic nitrogens is 1. The second-order valence-corrected chi connectivity index (χ2v) is 7.77. The number of hydrogen-bond acceptors (Lipinski definition) is 5. The maximum atomic E-state index is 11.1. The third kappa shape index (κ3) is 2.25. The van der Waals surface area contributed by atoms with Crippen molar-refractivity contribution in [1.29, 1.82) is 0 Å². The molecule has 0 radical (unpaired) electrons. The first kappa shape index (κ1) is 11.3. The molecule has 17 heavy (non-hydrogen) atoms. The molecule has 2 heterocycles. The summed E-state index contributed by atoms with van der Waals surface area (Å²) >= 11 is 1.08. The van der Waals surface area contributed by atoms with Gasteiger partial charge in [0.1, 0.15) is 4.21 Å². The predicted molar refractivity (Wildman–Crippen MR) is 64.8 cm³/mol. The van der Waals surface area contributed by atoms with Gasteiger partial charge >= 0.3 is 0 Å². The molecule has 0 bridgehead atoms. The van der Waals surface area contributed by atoms with E-state index in [0.29, 0.717) is 11.7 Å². The summed E-state index contributed by atoms with van der Waals surface area (Å²) in [5, 5.41) is 0. The first-order valence-electron chi connectivity index (χ1n) is 5.04. The minimum atomic E-state index is -3.66. The molecule has 0 saturated heterocycles. The number of hydrogen-bond donors (Lipinski definition) is 0. The van der Waals surface area contributed by atoms with Crippen LogP contribution in [0.4, 0.5) is 0 Å². The van der Waals surface area contributed by atoms with Crippen molar-refractivity contribution in [3.63, 3.8) is 0 Å². The van der Waals surface area contributed by atoms with E-state index >= 15 is 0 Å². The highest BCUT2D eigenvalue weighted by Gasteiger charge is 2.29. The zero-order valence-electron chi connectivity index (χ0n) is 8.59. The zero-order chi connectivity index (χ0) is 12.0. The van der Waals surface area contributed by atoms with Gasteiger partial charge in [0.2, 0.25) is 0 Å². The van der Waals surface area contributed by atoms with Gasteiger partial charge in [-0.15, -0.1) is 11.3 Å². The number of nitrogens with zero attached hydrogens (tertiary/aromatic N) is 1. The Hall–Kier alpha value is -0.850. The summed E-state index contributed by atoms with van der Waals surface area (Å²) in [6.07, 6.45) is 3.86. The average molecular weight is 290 g/mol. The van der Waals surface area contributed by atoms with E-state index in [0.717, 1.165) is 34.9 Å². The molecule has 0 spiro atoms. The number of oxazole rings is 1. The first-order valence-corrected chi connectivity index (χ1v) is 8.17. The van der Waals surface area contributed by atoms with Crippen LogP contribution in [0.1, 0.15) is 24.7 Å². The summed E-state index contributed by atoms with van der Waals surface area (Å²) in [7, 11) is 1.60. The maximum Gasteiger partial charge on any atom is 0.270 e. The van der Waals surface area contributed by atoms with Crippen molar-refractivity contribution < 1.29 is 12.8 Å².